The van der Waals surface area contributed by atoms with Crippen LogP contribution in [0.15, 0.2) is 12.3 Å². The first-order valence-electron chi connectivity index (χ1n) is 6.62. The lowest BCUT2D eigenvalue weighted by atomic mass is 10.1. The topological polar surface area (TPSA) is 58.1 Å². The summed E-state index contributed by atoms with van der Waals surface area (Å²) in [5.74, 6) is 0.511. The van der Waals surface area contributed by atoms with E-state index in [9.17, 15) is 4.79 Å². The normalized spacial score (nSPS) is 20.5. The van der Waals surface area contributed by atoms with Crippen LogP contribution in [0.3, 0.4) is 0 Å². The summed E-state index contributed by atoms with van der Waals surface area (Å²) in [7, 11) is 0. The summed E-state index contributed by atoms with van der Waals surface area (Å²) >= 11 is 0. The Hall–Kier alpha value is -1.49. The molecule has 2 aliphatic rings. The van der Waals surface area contributed by atoms with Gasteiger partial charge >= 0.3 is 0 Å². The second-order valence-corrected chi connectivity index (χ2v) is 5.17. The molecule has 1 aliphatic heterocycles. The Bertz CT molecular complexity index is 452. The van der Waals surface area contributed by atoms with Gasteiger partial charge in [-0.3, -0.25) is 9.69 Å². The zero-order valence-corrected chi connectivity index (χ0v) is 10.6. The second kappa shape index (κ2) is 4.65. The van der Waals surface area contributed by atoms with E-state index in [1.54, 1.807) is 6.20 Å². The maximum atomic E-state index is 12.0. The van der Waals surface area contributed by atoms with E-state index in [2.05, 4.69) is 27.3 Å². The number of likely N-dealkylation sites (N-methyl/N-ethyl adjacent to an activating group) is 1. The number of hydrogen-bond donors (Lipinski definition) is 1. The molecule has 1 saturated heterocycles. The van der Waals surface area contributed by atoms with Crippen LogP contribution in [0.2, 0.25) is 0 Å². The zero-order chi connectivity index (χ0) is 12.5. The number of likely N-dealkylation sites (tertiary alicyclic amines) is 1. The third-order valence-electron chi connectivity index (χ3n) is 3.70. The molecule has 0 atom stereocenters. The molecule has 1 saturated carbocycles. The van der Waals surface area contributed by atoms with Crippen LogP contribution in [0.5, 0.6) is 0 Å². The molecule has 2 heterocycles. The highest BCUT2D eigenvalue weighted by atomic mass is 16.2. The van der Waals surface area contributed by atoms with E-state index in [-0.39, 0.29) is 11.9 Å². The van der Waals surface area contributed by atoms with Crippen molar-refractivity contribution >= 4 is 5.91 Å². The van der Waals surface area contributed by atoms with Crippen LogP contribution >= 0.6 is 0 Å². The summed E-state index contributed by atoms with van der Waals surface area (Å²) in [6.45, 7) is 5.06. The van der Waals surface area contributed by atoms with E-state index >= 15 is 0 Å². The molecule has 0 bridgehead atoms. The standard InChI is InChI=1S/C13H18N4O/c1-2-17-7-11(8-17)15-13(18)12-5-10(6-14-16-12)9-3-4-9/h5-6,9,11H,2-4,7-8H2,1H3,(H,15,18). The van der Waals surface area contributed by atoms with Crippen molar-refractivity contribution in [1.82, 2.24) is 20.4 Å². The first-order valence-corrected chi connectivity index (χ1v) is 6.62. The summed E-state index contributed by atoms with van der Waals surface area (Å²) in [4.78, 5) is 14.3. The Kier molecular flexibility index (Phi) is 2.99. The van der Waals surface area contributed by atoms with Gasteiger partial charge in [0.15, 0.2) is 5.69 Å². The van der Waals surface area contributed by atoms with E-state index in [0.29, 0.717) is 11.6 Å². The molecule has 1 aliphatic carbocycles. The molecule has 96 valence electrons. The van der Waals surface area contributed by atoms with Gasteiger partial charge in [-0.2, -0.15) is 5.10 Å². The SMILES string of the molecule is CCN1CC(NC(=O)c2cc(C3CC3)cnn2)C1. The minimum atomic E-state index is -0.0919. The van der Waals surface area contributed by atoms with Crippen molar-refractivity contribution < 1.29 is 4.79 Å². The van der Waals surface area contributed by atoms with Crippen molar-refractivity contribution in [3.8, 4) is 0 Å². The average Bonchev–Trinajstić information content (AvgIpc) is 3.17. The van der Waals surface area contributed by atoms with E-state index in [0.717, 1.165) is 25.2 Å². The molecule has 1 N–H and O–H groups in total. The molecule has 5 nitrogen and oxygen atoms in total. The molecular formula is C13H18N4O. The molecule has 18 heavy (non-hydrogen) atoms. The Balaban J connectivity index is 1.60. The molecule has 1 amide bonds. The molecule has 0 spiro atoms. The van der Waals surface area contributed by atoms with Crippen LogP contribution in [0.1, 0.15) is 41.7 Å². The predicted molar refractivity (Wildman–Crippen MR) is 67.4 cm³/mol. The number of nitrogens with one attached hydrogen (secondary N) is 1. The highest BCUT2D eigenvalue weighted by Gasteiger charge is 2.28. The van der Waals surface area contributed by atoms with Crippen molar-refractivity contribution in [2.45, 2.75) is 31.7 Å². The molecule has 2 fully saturated rings. The molecule has 1 aromatic rings. The maximum Gasteiger partial charge on any atom is 0.272 e. The van der Waals surface area contributed by atoms with E-state index in [1.807, 2.05) is 6.07 Å². The number of aromatic nitrogens is 2. The smallest absolute Gasteiger partial charge is 0.272 e. The second-order valence-electron chi connectivity index (χ2n) is 5.17. The summed E-state index contributed by atoms with van der Waals surface area (Å²) in [6, 6.07) is 2.15. The summed E-state index contributed by atoms with van der Waals surface area (Å²) in [5, 5.41) is 10.9. The Labute approximate surface area is 107 Å². The largest absolute Gasteiger partial charge is 0.345 e. The first-order chi connectivity index (χ1) is 8.76. The number of nitrogens with zero attached hydrogens (tertiary/aromatic N) is 3. The van der Waals surface area contributed by atoms with Gasteiger partial charge in [0, 0.05) is 13.1 Å². The third-order valence-corrected chi connectivity index (χ3v) is 3.70. The Morgan fingerprint density at radius 1 is 1.50 bits per heavy atom. The zero-order valence-electron chi connectivity index (χ0n) is 10.6. The highest BCUT2D eigenvalue weighted by molar-refractivity contribution is 5.92. The monoisotopic (exact) mass is 246 g/mol. The van der Waals surface area contributed by atoms with Gasteiger partial charge in [0.05, 0.1) is 12.2 Å². The van der Waals surface area contributed by atoms with Gasteiger partial charge in [-0.25, -0.2) is 0 Å². The predicted octanol–water partition coefficient (Wildman–Crippen LogP) is 0.788. The van der Waals surface area contributed by atoms with E-state index < -0.39 is 0 Å². The van der Waals surface area contributed by atoms with Gasteiger partial charge in [0.25, 0.3) is 5.91 Å². The van der Waals surface area contributed by atoms with Crippen molar-refractivity contribution in [2.75, 3.05) is 19.6 Å². The number of carbonyl (C=O) groups is 1. The number of carbonyl (C=O) groups excluding carboxylic acids is 1. The van der Waals surface area contributed by atoms with Gasteiger partial charge in [0.2, 0.25) is 0 Å². The lowest BCUT2D eigenvalue weighted by molar-refractivity contribution is 0.0819. The average molecular weight is 246 g/mol. The van der Waals surface area contributed by atoms with Crippen molar-refractivity contribution in [3.63, 3.8) is 0 Å². The van der Waals surface area contributed by atoms with Crippen molar-refractivity contribution in [3.05, 3.63) is 23.5 Å². The van der Waals surface area contributed by atoms with Crippen LogP contribution in [-0.4, -0.2) is 46.7 Å². The van der Waals surface area contributed by atoms with Crippen LogP contribution < -0.4 is 5.32 Å². The molecule has 0 radical (unpaired) electrons. The lowest BCUT2D eigenvalue weighted by Crippen LogP contribution is -2.59. The van der Waals surface area contributed by atoms with Crippen molar-refractivity contribution in [1.29, 1.82) is 0 Å². The fraction of sp³-hybridized carbons (Fsp3) is 0.615. The van der Waals surface area contributed by atoms with Crippen LogP contribution in [0.4, 0.5) is 0 Å². The summed E-state index contributed by atoms with van der Waals surface area (Å²) < 4.78 is 0. The number of amides is 1. The maximum absolute atomic E-state index is 12.0. The summed E-state index contributed by atoms with van der Waals surface area (Å²) in [5.41, 5.74) is 1.60. The lowest BCUT2D eigenvalue weighted by Gasteiger charge is -2.38. The van der Waals surface area contributed by atoms with Crippen LogP contribution in [0.25, 0.3) is 0 Å². The van der Waals surface area contributed by atoms with E-state index in [4.69, 9.17) is 0 Å². The van der Waals surface area contributed by atoms with Gasteiger partial charge in [-0.05, 0) is 36.9 Å². The summed E-state index contributed by atoms with van der Waals surface area (Å²) in [6.07, 6.45) is 4.19. The third kappa shape index (κ3) is 2.36. The molecule has 0 unspecified atom stereocenters. The van der Waals surface area contributed by atoms with Crippen LogP contribution in [-0.2, 0) is 0 Å². The van der Waals surface area contributed by atoms with Gasteiger partial charge < -0.3 is 5.32 Å². The highest BCUT2D eigenvalue weighted by Crippen LogP contribution is 2.39. The van der Waals surface area contributed by atoms with Gasteiger partial charge in [0.1, 0.15) is 0 Å². The minimum absolute atomic E-state index is 0.0919. The van der Waals surface area contributed by atoms with Gasteiger partial charge in [-0.15, -0.1) is 5.10 Å². The number of rotatable bonds is 4. The van der Waals surface area contributed by atoms with Gasteiger partial charge in [-0.1, -0.05) is 6.92 Å². The molecule has 3 rings (SSSR count). The molecule has 1 aromatic heterocycles. The van der Waals surface area contributed by atoms with Crippen molar-refractivity contribution in [2.24, 2.45) is 0 Å². The fourth-order valence-electron chi connectivity index (χ4n) is 2.31. The molecule has 0 aromatic carbocycles. The first kappa shape index (κ1) is 11.6. The fourth-order valence-corrected chi connectivity index (χ4v) is 2.31. The van der Waals surface area contributed by atoms with E-state index in [1.165, 1.54) is 12.8 Å². The van der Waals surface area contributed by atoms with Crippen LogP contribution in [0, 0.1) is 0 Å². The molecular weight excluding hydrogens is 228 g/mol. The Morgan fingerprint density at radius 2 is 2.28 bits per heavy atom. The molecule has 5 heteroatoms. The minimum Gasteiger partial charge on any atom is -0.345 e. The Morgan fingerprint density at radius 3 is 2.94 bits per heavy atom. The number of hydrogen-bond acceptors (Lipinski definition) is 4. The quantitative estimate of drug-likeness (QED) is 0.853.